The smallest absolute Gasteiger partial charge is 0.0331 e. The Morgan fingerprint density at radius 1 is 1.00 bits per heavy atom. The predicted octanol–water partition coefficient (Wildman–Crippen LogP) is 3.80. The molecule has 2 fully saturated rings. The fourth-order valence-corrected chi connectivity index (χ4v) is 4.74. The monoisotopic (exact) mass is 266 g/mol. The number of rotatable bonds is 6. The van der Waals surface area contributed by atoms with E-state index in [1.807, 2.05) is 0 Å². The lowest BCUT2D eigenvalue weighted by atomic mass is 9.73. The standard InChI is InChI=1S/C17H34N2/c1-3-10-17(14-18,11-4-2)19-12-9-15-7-5-6-8-16(15)13-19/h15-16H,3-14,18H2,1-2H3. The van der Waals surface area contributed by atoms with Gasteiger partial charge in [-0.05, 0) is 44.1 Å². The van der Waals surface area contributed by atoms with E-state index in [0.29, 0.717) is 5.54 Å². The summed E-state index contributed by atoms with van der Waals surface area (Å²) in [5.74, 6) is 2.01. The van der Waals surface area contributed by atoms with E-state index >= 15 is 0 Å². The Morgan fingerprint density at radius 3 is 2.21 bits per heavy atom. The van der Waals surface area contributed by atoms with Gasteiger partial charge in [0.05, 0.1) is 0 Å². The van der Waals surface area contributed by atoms with Crippen LogP contribution in [0.15, 0.2) is 0 Å². The average Bonchev–Trinajstić information content (AvgIpc) is 2.46. The van der Waals surface area contributed by atoms with Gasteiger partial charge in [-0.2, -0.15) is 0 Å². The molecule has 0 radical (unpaired) electrons. The number of likely N-dealkylation sites (tertiary alicyclic amines) is 1. The molecular formula is C17H34N2. The van der Waals surface area contributed by atoms with Crippen LogP contribution in [0.1, 0.15) is 71.6 Å². The minimum Gasteiger partial charge on any atom is -0.329 e. The van der Waals surface area contributed by atoms with Gasteiger partial charge in [-0.15, -0.1) is 0 Å². The number of hydrogen-bond acceptors (Lipinski definition) is 2. The van der Waals surface area contributed by atoms with Gasteiger partial charge < -0.3 is 5.73 Å². The molecule has 2 nitrogen and oxygen atoms in total. The zero-order chi connectivity index (χ0) is 13.7. The van der Waals surface area contributed by atoms with Crippen molar-refractivity contribution >= 4 is 0 Å². The zero-order valence-corrected chi connectivity index (χ0v) is 13.2. The number of nitrogens with two attached hydrogens (primary N) is 1. The molecule has 0 bridgehead atoms. The molecular weight excluding hydrogens is 232 g/mol. The first-order valence-corrected chi connectivity index (χ1v) is 8.71. The third-order valence-electron chi connectivity index (χ3n) is 5.77. The topological polar surface area (TPSA) is 29.3 Å². The Hall–Kier alpha value is -0.0800. The van der Waals surface area contributed by atoms with Crippen molar-refractivity contribution < 1.29 is 0 Å². The van der Waals surface area contributed by atoms with Crippen molar-refractivity contribution in [3.8, 4) is 0 Å². The van der Waals surface area contributed by atoms with Crippen molar-refractivity contribution in [3.63, 3.8) is 0 Å². The third-order valence-corrected chi connectivity index (χ3v) is 5.77. The molecule has 0 spiro atoms. The molecule has 1 saturated heterocycles. The van der Waals surface area contributed by atoms with Crippen molar-refractivity contribution in [1.29, 1.82) is 0 Å². The minimum absolute atomic E-state index is 0.311. The van der Waals surface area contributed by atoms with Gasteiger partial charge in [-0.3, -0.25) is 4.90 Å². The maximum absolute atomic E-state index is 6.24. The van der Waals surface area contributed by atoms with E-state index in [9.17, 15) is 0 Å². The van der Waals surface area contributed by atoms with Crippen LogP contribution in [0.5, 0.6) is 0 Å². The van der Waals surface area contributed by atoms with Crippen LogP contribution >= 0.6 is 0 Å². The highest BCUT2D eigenvalue weighted by molar-refractivity contribution is 4.96. The summed E-state index contributed by atoms with van der Waals surface area (Å²) in [6.45, 7) is 8.12. The van der Waals surface area contributed by atoms with Crippen LogP contribution in [-0.4, -0.2) is 30.1 Å². The maximum atomic E-state index is 6.24. The minimum atomic E-state index is 0.311. The second-order valence-corrected chi connectivity index (χ2v) is 6.97. The van der Waals surface area contributed by atoms with E-state index in [2.05, 4.69) is 18.7 Å². The Bertz CT molecular complexity index is 258. The quantitative estimate of drug-likeness (QED) is 0.792. The molecule has 2 aliphatic rings. The van der Waals surface area contributed by atoms with Crippen LogP contribution in [0, 0.1) is 11.8 Å². The molecule has 1 saturated carbocycles. The lowest BCUT2D eigenvalue weighted by Crippen LogP contribution is -2.58. The van der Waals surface area contributed by atoms with Crippen molar-refractivity contribution in [2.45, 2.75) is 77.2 Å². The van der Waals surface area contributed by atoms with Gasteiger partial charge in [0.1, 0.15) is 0 Å². The van der Waals surface area contributed by atoms with Crippen molar-refractivity contribution in [2.24, 2.45) is 17.6 Å². The molecule has 2 atom stereocenters. The highest BCUT2D eigenvalue weighted by Crippen LogP contribution is 2.39. The summed E-state index contributed by atoms with van der Waals surface area (Å²) in [4.78, 5) is 2.80. The summed E-state index contributed by atoms with van der Waals surface area (Å²) in [7, 11) is 0. The van der Waals surface area contributed by atoms with Gasteiger partial charge in [0.15, 0.2) is 0 Å². The second kappa shape index (κ2) is 7.08. The Balaban J connectivity index is 2.04. The van der Waals surface area contributed by atoms with Crippen molar-refractivity contribution in [1.82, 2.24) is 4.90 Å². The Kier molecular flexibility index (Phi) is 5.70. The first-order chi connectivity index (χ1) is 9.25. The van der Waals surface area contributed by atoms with E-state index in [4.69, 9.17) is 5.73 Å². The molecule has 19 heavy (non-hydrogen) atoms. The zero-order valence-electron chi connectivity index (χ0n) is 13.2. The van der Waals surface area contributed by atoms with Crippen LogP contribution in [0.25, 0.3) is 0 Å². The molecule has 0 aromatic heterocycles. The molecule has 0 aromatic rings. The molecule has 2 rings (SSSR count). The molecule has 0 aromatic carbocycles. The summed E-state index contributed by atoms with van der Waals surface area (Å²) in [5, 5.41) is 0. The maximum Gasteiger partial charge on any atom is 0.0331 e. The van der Waals surface area contributed by atoms with E-state index in [-0.39, 0.29) is 0 Å². The molecule has 1 aliphatic heterocycles. The fraction of sp³-hybridized carbons (Fsp3) is 1.00. The number of piperidine rings is 1. The van der Waals surface area contributed by atoms with Crippen molar-refractivity contribution in [2.75, 3.05) is 19.6 Å². The number of hydrogen-bond donors (Lipinski definition) is 1. The molecule has 1 heterocycles. The third kappa shape index (κ3) is 3.33. The van der Waals surface area contributed by atoms with Gasteiger partial charge in [-0.1, -0.05) is 46.0 Å². The largest absolute Gasteiger partial charge is 0.329 e. The second-order valence-electron chi connectivity index (χ2n) is 6.97. The van der Waals surface area contributed by atoms with E-state index in [0.717, 1.165) is 18.4 Å². The fourth-order valence-electron chi connectivity index (χ4n) is 4.74. The summed E-state index contributed by atoms with van der Waals surface area (Å²) in [6, 6.07) is 0. The van der Waals surface area contributed by atoms with Crippen molar-refractivity contribution in [3.05, 3.63) is 0 Å². The molecule has 112 valence electrons. The SMILES string of the molecule is CCCC(CN)(CCC)N1CCC2CCCCC2C1. The molecule has 2 N–H and O–H groups in total. The summed E-state index contributed by atoms with van der Waals surface area (Å²) in [6.07, 6.45) is 12.4. The van der Waals surface area contributed by atoms with Crippen LogP contribution in [0.3, 0.4) is 0 Å². The summed E-state index contributed by atoms with van der Waals surface area (Å²) < 4.78 is 0. The van der Waals surface area contributed by atoms with Crippen LogP contribution in [0.4, 0.5) is 0 Å². The molecule has 0 amide bonds. The lowest BCUT2D eigenvalue weighted by Gasteiger charge is -2.50. The number of fused-ring (bicyclic) bond motifs is 1. The van der Waals surface area contributed by atoms with Gasteiger partial charge in [0, 0.05) is 18.6 Å². The van der Waals surface area contributed by atoms with Crippen LogP contribution in [-0.2, 0) is 0 Å². The van der Waals surface area contributed by atoms with Gasteiger partial charge in [-0.25, -0.2) is 0 Å². The molecule has 2 heteroatoms. The normalized spacial score (nSPS) is 29.2. The average molecular weight is 266 g/mol. The predicted molar refractivity (Wildman–Crippen MR) is 83.2 cm³/mol. The number of nitrogens with zero attached hydrogens (tertiary/aromatic N) is 1. The highest BCUT2D eigenvalue weighted by Gasteiger charge is 2.40. The van der Waals surface area contributed by atoms with Gasteiger partial charge in [0.25, 0.3) is 0 Å². The summed E-state index contributed by atoms with van der Waals surface area (Å²) >= 11 is 0. The van der Waals surface area contributed by atoms with E-state index in [1.165, 1.54) is 70.9 Å². The van der Waals surface area contributed by atoms with Gasteiger partial charge in [0.2, 0.25) is 0 Å². The summed E-state index contributed by atoms with van der Waals surface area (Å²) in [5.41, 5.74) is 6.55. The van der Waals surface area contributed by atoms with Gasteiger partial charge >= 0.3 is 0 Å². The van der Waals surface area contributed by atoms with E-state index in [1.54, 1.807) is 0 Å². The highest BCUT2D eigenvalue weighted by atomic mass is 15.2. The Labute approximate surface area is 120 Å². The first kappa shape index (κ1) is 15.3. The molecule has 2 unspecified atom stereocenters. The first-order valence-electron chi connectivity index (χ1n) is 8.71. The Morgan fingerprint density at radius 2 is 1.63 bits per heavy atom. The lowest BCUT2D eigenvalue weighted by molar-refractivity contribution is -0.00260. The van der Waals surface area contributed by atoms with Crippen LogP contribution in [0.2, 0.25) is 0 Å². The van der Waals surface area contributed by atoms with Crippen LogP contribution < -0.4 is 5.73 Å². The van der Waals surface area contributed by atoms with E-state index < -0.39 is 0 Å². The molecule has 1 aliphatic carbocycles.